The average molecular weight is 297 g/mol. The molecule has 5 heteroatoms. The lowest BCUT2D eigenvalue weighted by molar-refractivity contribution is 0.126. The van der Waals surface area contributed by atoms with E-state index in [-0.39, 0.29) is 12.0 Å². The van der Waals surface area contributed by atoms with E-state index in [1.165, 1.54) is 0 Å². The molecule has 0 aliphatic carbocycles. The third kappa shape index (κ3) is 4.02. The molecule has 0 bridgehead atoms. The second kappa shape index (κ2) is 8.10. The predicted molar refractivity (Wildman–Crippen MR) is 83.4 cm³/mol. The number of aliphatic hydroxyl groups excluding tert-OH is 1. The third-order valence-electron chi connectivity index (χ3n) is 3.83. The Morgan fingerprint density at radius 1 is 1.10 bits per heavy atom. The number of nitrogens with two attached hydrogens (primary N) is 1. The van der Waals surface area contributed by atoms with Gasteiger partial charge in [-0.15, -0.1) is 0 Å². The molecule has 0 spiro atoms. The fourth-order valence-electron chi connectivity index (χ4n) is 2.45. The molecule has 0 radical (unpaired) electrons. The largest absolute Gasteiger partial charge is 0.493 e. The second-order valence-corrected chi connectivity index (χ2v) is 5.20. The van der Waals surface area contributed by atoms with Gasteiger partial charge in [0.2, 0.25) is 5.75 Å². The van der Waals surface area contributed by atoms with Crippen LogP contribution in [0.4, 0.5) is 0 Å². The summed E-state index contributed by atoms with van der Waals surface area (Å²) in [4.78, 5) is 0. The van der Waals surface area contributed by atoms with Gasteiger partial charge >= 0.3 is 0 Å². The Labute approximate surface area is 127 Å². The molecule has 0 aliphatic heterocycles. The highest BCUT2D eigenvalue weighted by molar-refractivity contribution is 5.56. The van der Waals surface area contributed by atoms with Crippen molar-refractivity contribution >= 4 is 0 Å². The normalized spacial score (nSPS) is 15.2. The zero-order valence-corrected chi connectivity index (χ0v) is 13.6. The molecule has 0 saturated heterocycles. The van der Waals surface area contributed by atoms with E-state index < -0.39 is 6.10 Å². The van der Waals surface area contributed by atoms with E-state index in [9.17, 15) is 5.11 Å². The van der Waals surface area contributed by atoms with Crippen molar-refractivity contribution in [3.8, 4) is 17.2 Å². The maximum Gasteiger partial charge on any atom is 0.203 e. The summed E-state index contributed by atoms with van der Waals surface area (Å²) >= 11 is 0. The Kier molecular flexibility index (Phi) is 6.78. The molecule has 3 atom stereocenters. The van der Waals surface area contributed by atoms with Crippen LogP contribution in [0.1, 0.15) is 38.2 Å². The van der Waals surface area contributed by atoms with Gasteiger partial charge in [0.05, 0.1) is 27.4 Å². The van der Waals surface area contributed by atoms with Crippen molar-refractivity contribution in [3.63, 3.8) is 0 Å². The third-order valence-corrected chi connectivity index (χ3v) is 3.83. The van der Waals surface area contributed by atoms with Crippen LogP contribution in [0, 0.1) is 0 Å². The Hall–Kier alpha value is -1.46. The van der Waals surface area contributed by atoms with Gasteiger partial charge in [0.15, 0.2) is 11.5 Å². The quantitative estimate of drug-likeness (QED) is 0.770. The first-order valence-electron chi connectivity index (χ1n) is 7.22. The molecule has 0 saturated carbocycles. The number of aliphatic hydroxyl groups is 1. The monoisotopic (exact) mass is 297 g/mol. The summed E-state index contributed by atoms with van der Waals surface area (Å²) in [6.07, 6.45) is 0.778. The molecule has 3 unspecified atom stereocenters. The summed E-state index contributed by atoms with van der Waals surface area (Å²) < 4.78 is 16.1. The minimum atomic E-state index is -0.539. The van der Waals surface area contributed by atoms with E-state index >= 15 is 0 Å². The Bertz CT molecular complexity index is 450. The van der Waals surface area contributed by atoms with Crippen LogP contribution in [0.25, 0.3) is 0 Å². The molecule has 0 fully saturated rings. The van der Waals surface area contributed by atoms with Gasteiger partial charge in [0.25, 0.3) is 0 Å². The van der Waals surface area contributed by atoms with E-state index in [1.807, 2.05) is 26.0 Å². The fraction of sp³-hybridized carbons (Fsp3) is 0.625. The lowest BCUT2D eigenvalue weighted by atomic mass is 9.91. The molecule has 0 aromatic heterocycles. The average Bonchev–Trinajstić information content (AvgIpc) is 2.51. The van der Waals surface area contributed by atoms with Crippen LogP contribution in [-0.2, 0) is 0 Å². The molecule has 1 aromatic carbocycles. The Balaban J connectivity index is 3.06. The number of methoxy groups -OCH3 is 3. The molecule has 0 amide bonds. The maximum absolute atomic E-state index is 10.1. The zero-order valence-electron chi connectivity index (χ0n) is 13.6. The van der Waals surface area contributed by atoms with E-state index in [0.717, 1.165) is 12.0 Å². The van der Waals surface area contributed by atoms with Gasteiger partial charge in [-0.05, 0) is 24.8 Å². The summed E-state index contributed by atoms with van der Waals surface area (Å²) in [7, 11) is 4.77. The highest BCUT2D eigenvalue weighted by Crippen LogP contribution is 2.43. The first-order valence-corrected chi connectivity index (χ1v) is 7.22. The van der Waals surface area contributed by atoms with Gasteiger partial charge in [0, 0.05) is 11.6 Å². The Morgan fingerprint density at radius 3 is 2.19 bits per heavy atom. The van der Waals surface area contributed by atoms with E-state index in [2.05, 4.69) is 0 Å². The van der Waals surface area contributed by atoms with Crippen molar-refractivity contribution in [1.29, 1.82) is 0 Å². The van der Waals surface area contributed by atoms with E-state index in [1.54, 1.807) is 21.3 Å². The standard InChI is InChI=1S/C16H27NO4/c1-6-12(17)13(18)9-10(2)11-7-8-14(19-3)16(21-5)15(11)20-4/h7-8,10,12-13,18H,6,9,17H2,1-5H3. The molecule has 1 rings (SSSR count). The van der Waals surface area contributed by atoms with Crippen LogP contribution in [-0.4, -0.2) is 38.6 Å². The van der Waals surface area contributed by atoms with Crippen molar-refractivity contribution in [1.82, 2.24) is 0 Å². The summed E-state index contributed by atoms with van der Waals surface area (Å²) in [5.41, 5.74) is 6.86. The summed E-state index contributed by atoms with van der Waals surface area (Å²) in [5, 5.41) is 10.1. The van der Waals surface area contributed by atoms with Gasteiger partial charge in [0.1, 0.15) is 0 Å². The summed E-state index contributed by atoms with van der Waals surface area (Å²) in [5.74, 6) is 1.92. The van der Waals surface area contributed by atoms with Gasteiger partial charge in [-0.3, -0.25) is 0 Å². The molecule has 0 heterocycles. The van der Waals surface area contributed by atoms with Crippen molar-refractivity contribution in [3.05, 3.63) is 17.7 Å². The van der Waals surface area contributed by atoms with E-state index in [0.29, 0.717) is 23.7 Å². The van der Waals surface area contributed by atoms with Gasteiger partial charge < -0.3 is 25.1 Å². The Morgan fingerprint density at radius 2 is 1.71 bits per heavy atom. The van der Waals surface area contributed by atoms with Crippen LogP contribution in [0.2, 0.25) is 0 Å². The fourth-order valence-corrected chi connectivity index (χ4v) is 2.45. The molecular weight excluding hydrogens is 270 g/mol. The molecule has 3 N–H and O–H groups in total. The van der Waals surface area contributed by atoms with Crippen molar-refractivity contribution in [2.24, 2.45) is 5.73 Å². The number of ether oxygens (including phenoxy) is 3. The molecular formula is C16H27NO4. The van der Waals surface area contributed by atoms with Crippen LogP contribution < -0.4 is 19.9 Å². The molecule has 0 aliphatic rings. The summed E-state index contributed by atoms with van der Waals surface area (Å²) in [6, 6.07) is 3.58. The minimum absolute atomic E-state index is 0.0901. The maximum atomic E-state index is 10.1. The second-order valence-electron chi connectivity index (χ2n) is 5.20. The van der Waals surface area contributed by atoms with Crippen LogP contribution in [0.5, 0.6) is 17.2 Å². The zero-order chi connectivity index (χ0) is 16.0. The van der Waals surface area contributed by atoms with Crippen LogP contribution >= 0.6 is 0 Å². The first kappa shape index (κ1) is 17.6. The molecule has 120 valence electrons. The predicted octanol–water partition coefficient (Wildman–Crippen LogP) is 2.30. The van der Waals surface area contributed by atoms with Gasteiger partial charge in [-0.2, -0.15) is 0 Å². The van der Waals surface area contributed by atoms with Crippen molar-refractivity contribution < 1.29 is 19.3 Å². The smallest absolute Gasteiger partial charge is 0.203 e. The number of benzene rings is 1. The molecule has 1 aromatic rings. The van der Waals surface area contributed by atoms with Crippen LogP contribution in [0.15, 0.2) is 12.1 Å². The SMILES string of the molecule is CCC(N)C(O)CC(C)c1ccc(OC)c(OC)c1OC. The first-order chi connectivity index (χ1) is 9.99. The van der Waals surface area contributed by atoms with Crippen LogP contribution in [0.3, 0.4) is 0 Å². The number of hydrogen-bond donors (Lipinski definition) is 2. The highest BCUT2D eigenvalue weighted by Gasteiger charge is 2.23. The molecule has 21 heavy (non-hydrogen) atoms. The number of rotatable bonds is 8. The highest BCUT2D eigenvalue weighted by atomic mass is 16.5. The summed E-state index contributed by atoms with van der Waals surface area (Å²) in [6.45, 7) is 4.00. The number of hydrogen-bond acceptors (Lipinski definition) is 5. The van der Waals surface area contributed by atoms with Gasteiger partial charge in [-0.1, -0.05) is 19.9 Å². The minimum Gasteiger partial charge on any atom is -0.493 e. The van der Waals surface area contributed by atoms with Crippen molar-refractivity contribution in [2.75, 3.05) is 21.3 Å². The lowest BCUT2D eigenvalue weighted by Gasteiger charge is -2.24. The van der Waals surface area contributed by atoms with E-state index in [4.69, 9.17) is 19.9 Å². The van der Waals surface area contributed by atoms with Gasteiger partial charge in [-0.25, -0.2) is 0 Å². The molecule has 5 nitrogen and oxygen atoms in total. The van der Waals surface area contributed by atoms with Crippen molar-refractivity contribution in [2.45, 2.75) is 44.8 Å². The topological polar surface area (TPSA) is 73.9 Å². The lowest BCUT2D eigenvalue weighted by Crippen LogP contribution is -2.34.